The van der Waals surface area contributed by atoms with Crippen molar-refractivity contribution in [1.29, 1.82) is 0 Å². The topological polar surface area (TPSA) is 92.6 Å². The average Bonchev–Trinajstić information content (AvgIpc) is 2.69. The molecule has 3 rings (SSSR count). The highest BCUT2D eigenvalue weighted by Gasteiger charge is 2.23. The van der Waals surface area contributed by atoms with Crippen molar-refractivity contribution in [3.05, 3.63) is 47.9 Å². The molecule has 1 aliphatic heterocycles. The molecular weight excluding hydrogens is 346 g/mol. The minimum atomic E-state index is -0.947. The monoisotopic (exact) mass is 369 g/mol. The third-order valence-electron chi connectivity index (χ3n) is 4.84. The number of carbonyl (C=O) groups is 2. The highest BCUT2D eigenvalue weighted by atomic mass is 16.5. The molecular formula is C20H23N3O4. The Morgan fingerprint density at radius 3 is 2.52 bits per heavy atom. The molecule has 1 aliphatic rings. The maximum absolute atomic E-state index is 11.9. The normalized spacial score (nSPS) is 14.9. The summed E-state index contributed by atoms with van der Waals surface area (Å²) >= 11 is 0. The Bertz CT molecular complexity index is 799. The number of rotatable bonds is 6. The van der Waals surface area contributed by atoms with Gasteiger partial charge in [0.1, 0.15) is 6.61 Å². The largest absolute Gasteiger partial charge is 0.478 e. The van der Waals surface area contributed by atoms with Crippen LogP contribution in [0.2, 0.25) is 0 Å². The van der Waals surface area contributed by atoms with Crippen LogP contribution in [0.25, 0.3) is 11.3 Å². The number of piperidine rings is 1. The van der Waals surface area contributed by atoms with Gasteiger partial charge in [-0.25, -0.2) is 9.78 Å². The van der Waals surface area contributed by atoms with E-state index in [2.05, 4.69) is 9.97 Å². The Kier molecular flexibility index (Phi) is 6.13. The fourth-order valence-electron chi connectivity index (χ4n) is 3.32. The molecule has 7 heteroatoms. The molecule has 0 aliphatic carbocycles. The quantitative estimate of drug-likeness (QED) is 0.840. The number of aromatic nitrogens is 2. The van der Waals surface area contributed by atoms with E-state index in [1.165, 1.54) is 7.11 Å². The molecule has 2 heterocycles. The maximum Gasteiger partial charge on any atom is 0.335 e. The lowest BCUT2D eigenvalue weighted by molar-refractivity contribution is -0.136. The smallest absolute Gasteiger partial charge is 0.335 e. The Balaban J connectivity index is 1.61. The van der Waals surface area contributed by atoms with Gasteiger partial charge in [-0.15, -0.1) is 0 Å². The summed E-state index contributed by atoms with van der Waals surface area (Å²) in [5.41, 5.74) is 2.74. The number of amides is 1. The molecule has 0 radical (unpaired) electrons. The lowest BCUT2D eigenvalue weighted by atomic mass is 9.92. The van der Waals surface area contributed by atoms with Crippen molar-refractivity contribution < 1.29 is 19.4 Å². The predicted octanol–water partition coefficient (Wildman–Crippen LogP) is 2.27. The average molecular weight is 369 g/mol. The Labute approximate surface area is 158 Å². The highest BCUT2D eigenvalue weighted by Crippen LogP contribution is 2.23. The van der Waals surface area contributed by atoms with Crippen LogP contribution in [0.3, 0.4) is 0 Å². The van der Waals surface area contributed by atoms with Crippen molar-refractivity contribution in [2.75, 3.05) is 26.8 Å². The van der Waals surface area contributed by atoms with Crippen LogP contribution >= 0.6 is 0 Å². The zero-order chi connectivity index (χ0) is 19.2. The maximum atomic E-state index is 11.9. The molecule has 1 aromatic heterocycles. The molecule has 1 aromatic carbocycles. The van der Waals surface area contributed by atoms with Crippen LogP contribution in [0.1, 0.15) is 28.9 Å². The van der Waals surface area contributed by atoms with Gasteiger partial charge in [-0.2, -0.15) is 0 Å². The summed E-state index contributed by atoms with van der Waals surface area (Å²) in [6.45, 7) is 1.63. The van der Waals surface area contributed by atoms with Gasteiger partial charge in [-0.05, 0) is 37.3 Å². The SMILES string of the molecule is COCC(=O)N1CCC(Cc2cncc(-c3ccc(C(=O)O)cc3)n2)CC1. The fourth-order valence-corrected chi connectivity index (χ4v) is 3.32. The molecule has 0 saturated carbocycles. The second kappa shape index (κ2) is 8.73. The van der Waals surface area contributed by atoms with Gasteiger partial charge >= 0.3 is 5.97 Å². The first-order valence-electron chi connectivity index (χ1n) is 8.98. The standard InChI is InChI=1S/C20H23N3O4/c1-27-13-19(24)23-8-6-14(7-9-23)10-17-11-21-12-18(22-17)15-2-4-16(5-3-15)20(25)26/h2-5,11-12,14H,6-10,13H2,1H3,(H,25,26). The first-order valence-corrected chi connectivity index (χ1v) is 8.98. The molecule has 0 spiro atoms. The number of aromatic carboxylic acids is 1. The van der Waals surface area contributed by atoms with Gasteiger partial charge in [0, 0.05) is 32.0 Å². The predicted molar refractivity (Wildman–Crippen MR) is 99.3 cm³/mol. The van der Waals surface area contributed by atoms with E-state index in [9.17, 15) is 9.59 Å². The van der Waals surface area contributed by atoms with Crippen LogP contribution in [0.15, 0.2) is 36.7 Å². The lowest BCUT2D eigenvalue weighted by Crippen LogP contribution is -2.40. The van der Waals surface area contributed by atoms with Crippen LogP contribution in [0.5, 0.6) is 0 Å². The summed E-state index contributed by atoms with van der Waals surface area (Å²) in [6.07, 6.45) is 6.16. The number of hydrogen-bond acceptors (Lipinski definition) is 5. The molecule has 2 aromatic rings. The zero-order valence-corrected chi connectivity index (χ0v) is 15.3. The van der Waals surface area contributed by atoms with E-state index in [1.54, 1.807) is 36.7 Å². The molecule has 1 fully saturated rings. The van der Waals surface area contributed by atoms with E-state index in [-0.39, 0.29) is 18.1 Å². The van der Waals surface area contributed by atoms with Crippen molar-refractivity contribution in [1.82, 2.24) is 14.9 Å². The van der Waals surface area contributed by atoms with Gasteiger partial charge in [-0.3, -0.25) is 9.78 Å². The second-order valence-corrected chi connectivity index (χ2v) is 6.74. The van der Waals surface area contributed by atoms with E-state index >= 15 is 0 Å². The number of benzene rings is 1. The van der Waals surface area contributed by atoms with Crippen molar-refractivity contribution in [3.63, 3.8) is 0 Å². The molecule has 1 N–H and O–H groups in total. The van der Waals surface area contributed by atoms with E-state index < -0.39 is 5.97 Å². The zero-order valence-electron chi connectivity index (χ0n) is 15.3. The summed E-state index contributed by atoms with van der Waals surface area (Å²) < 4.78 is 4.91. The van der Waals surface area contributed by atoms with E-state index in [1.807, 2.05) is 4.90 Å². The summed E-state index contributed by atoms with van der Waals surface area (Å²) in [6, 6.07) is 6.63. The van der Waals surface area contributed by atoms with Crippen molar-refractivity contribution in [2.45, 2.75) is 19.3 Å². The molecule has 0 unspecified atom stereocenters. The number of likely N-dealkylation sites (tertiary alicyclic amines) is 1. The number of nitrogens with zero attached hydrogens (tertiary/aromatic N) is 3. The minimum absolute atomic E-state index is 0.0440. The van der Waals surface area contributed by atoms with Crippen LogP contribution in [0, 0.1) is 5.92 Å². The molecule has 7 nitrogen and oxygen atoms in total. The van der Waals surface area contributed by atoms with Crippen molar-refractivity contribution in [2.24, 2.45) is 5.92 Å². The highest BCUT2D eigenvalue weighted by molar-refractivity contribution is 5.88. The Morgan fingerprint density at radius 1 is 1.19 bits per heavy atom. The number of ether oxygens (including phenoxy) is 1. The van der Waals surface area contributed by atoms with Gasteiger partial charge in [0.15, 0.2) is 0 Å². The van der Waals surface area contributed by atoms with Crippen LogP contribution in [-0.2, 0) is 16.0 Å². The molecule has 27 heavy (non-hydrogen) atoms. The van der Waals surface area contributed by atoms with Gasteiger partial charge < -0.3 is 14.7 Å². The first kappa shape index (κ1) is 19.0. The molecule has 1 amide bonds. The molecule has 0 atom stereocenters. The second-order valence-electron chi connectivity index (χ2n) is 6.74. The lowest BCUT2D eigenvalue weighted by Gasteiger charge is -2.31. The minimum Gasteiger partial charge on any atom is -0.478 e. The van der Waals surface area contributed by atoms with E-state index in [0.29, 0.717) is 5.92 Å². The molecule has 0 bridgehead atoms. The van der Waals surface area contributed by atoms with E-state index in [0.717, 1.165) is 49.3 Å². The van der Waals surface area contributed by atoms with Crippen molar-refractivity contribution >= 4 is 11.9 Å². The van der Waals surface area contributed by atoms with Crippen LogP contribution < -0.4 is 0 Å². The number of carbonyl (C=O) groups excluding carboxylic acids is 1. The number of carboxylic acid groups (broad SMARTS) is 1. The van der Waals surface area contributed by atoms with E-state index in [4.69, 9.17) is 9.84 Å². The summed E-state index contributed by atoms with van der Waals surface area (Å²) in [4.78, 5) is 33.7. The first-order chi connectivity index (χ1) is 13.1. The number of carboxylic acids is 1. The molecule has 1 saturated heterocycles. The van der Waals surface area contributed by atoms with Gasteiger partial charge in [0.2, 0.25) is 5.91 Å². The van der Waals surface area contributed by atoms with Crippen LogP contribution in [-0.4, -0.2) is 58.7 Å². The summed E-state index contributed by atoms with van der Waals surface area (Å²) in [5, 5.41) is 9.00. The summed E-state index contributed by atoms with van der Waals surface area (Å²) in [7, 11) is 1.53. The third kappa shape index (κ3) is 4.89. The van der Waals surface area contributed by atoms with Gasteiger partial charge in [0.05, 0.1) is 23.1 Å². The Hall–Kier alpha value is -2.80. The van der Waals surface area contributed by atoms with Crippen molar-refractivity contribution in [3.8, 4) is 11.3 Å². The summed E-state index contributed by atoms with van der Waals surface area (Å²) in [5.74, 6) is -0.435. The fraction of sp³-hybridized carbons (Fsp3) is 0.400. The third-order valence-corrected chi connectivity index (χ3v) is 4.84. The number of methoxy groups -OCH3 is 1. The molecule has 142 valence electrons. The van der Waals surface area contributed by atoms with Crippen LogP contribution in [0.4, 0.5) is 0 Å². The van der Waals surface area contributed by atoms with Gasteiger partial charge in [0.25, 0.3) is 0 Å². The number of hydrogen-bond donors (Lipinski definition) is 1. The van der Waals surface area contributed by atoms with Gasteiger partial charge in [-0.1, -0.05) is 12.1 Å². The Morgan fingerprint density at radius 2 is 1.89 bits per heavy atom.